The number of hydrogen-bond donors (Lipinski definition) is 1. The third-order valence-electron chi connectivity index (χ3n) is 3.70. The van der Waals surface area contributed by atoms with Gasteiger partial charge in [-0.15, -0.1) is 0 Å². The number of halogens is 1. The Morgan fingerprint density at radius 1 is 1.22 bits per heavy atom. The molecule has 1 rings (SSSR count). The fourth-order valence-corrected chi connectivity index (χ4v) is 2.05. The number of rotatable bonds is 3. The fourth-order valence-electron chi connectivity index (χ4n) is 2.05. The Kier molecular flexibility index (Phi) is 4.38. The van der Waals surface area contributed by atoms with Crippen LogP contribution >= 0.6 is 0 Å². The summed E-state index contributed by atoms with van der Waals surface area (Å²) in [5.41, 5.74) is 7.49. The largest absolute Gasteiger partial charge is 0.369 e. The molecule has 0 spiro atoms. The van der Waals surface area contributed by atoms with Crippen LogP contribution in [0.2, 0.25) is 0 Å². The van der Waals surface area contributed by atoms with Gasteiger partial charge < -0.3 is 10.6 Å². The van der Waals surface area contributed by atoms with Crippen LogP contribution in [-0.4, -0.2) is 13.1 Å². The Morgan fingerprint density at radius 3 is 2.22 bits per heavy atom. The second-order valence-corrected chi connectivity index (χ2v) is 6.12. The molecule has 0 saturated heterocycles. The van der Waals surface area contributed by atoms with Gasteiger partial charge in [0.1, 0.15) is 5.82 Å². The smallest absolute Gasteiger partial charge is 0.146 e. The average Bonchev–Trinajstić information content (AvgIpc) is 2.25. The second kappa shape index (κ2) is 5.27. The molecule has 18 heavy (non-hydrogen) atoms. The van der Waals surface area contributed by atoms with Gasteiger partial charge in [0.05, 0.1) is 5.69 Å². The molecule has 0 aromatic heterocycles. The number of anilines is 1. The zero-order valence-corrected chi connectivity index (χ0v) is 12.3. The van der Waals surface area contributed by atoms with E-state index in [1.54, 1.807) is 6.07 Å². The van der Waals surface area contributed by atoms with Gasteiger partial charge in [-0.2, -0.15) is 0 Å². The number of para-hydroxylation sites is 1. The van der Waals surface area contributed by atoms with Gasteiger partial charge in [0, 0.05) is 19.1 Å². The second-order valence-electron chi connectivity index (χ2n) is 6.12. The van der Waals surface area contributed by atoms with Gasteiger partial charge in [-0.25, -0.2) is 4.39 Å². The van der Waals surface area contributed by atoms with Crippen molar-refractivity contribution in [1.82, 2.24) is 0 Å². The Bertz CT molecular complexity index is 407. The first kappa shape index (κ1) is 15.0. The maximum Gasteiger partial charge on any atom is 0.146 e. The molecule has 2 nitrogen and oxygen atoms in total. The van der Waals surface area contributed by atoms with E-state index in [1.807, 2.05) is 24.9 Å². The van der Waals surface area contributed by atoms with Gasteiger partial charge >= 0.3 is 0 Å². The van der Waals surface area contributed by atoms with Crippen molar-refractivity contribution in [3.63, 3.8) is 0 Å². The lowest BCUT2D eigenvalue weighted by atomic mass is 9.86. The van der Waals surface area contributed by atoms with Crippen molar-refractivity contribution in [3.05, 3.63) is 29.6 Å². The zero-order valence-electron chi connectivity index (χ0n) is 12.3. The molecule has 0 saturated carbocycles. The van der Waals surface area contributed by atoms with Gasteiger partial charge in [-0.3, -0.25) is 0 Å². The molecular weight excluding hydrogens is 227 g/mol. The first-order valence-electron chi connectivity index (χ1n) is 6.43. The third kappa shape index (κ3) is 3.02. The average molecular weight is 252 g/mol. The van der Waals surface area contributed by atoms with E-state index in [9.17, 15) is 4.39 Å². The quantitative estimate of drug-likeness (QED) is 0.888. The summed E-state index contributed by atoms with van der Waals surface area (Å²) in [6.07, 6.45) is 0. The lowest BCUT2D eigenvalue weighted by Gasteiger charge is -2.38. The lowest BCUT2D eigenvalue weighted by Crippen LogP contribution is -2.40. The molecule has 0 heterocycles. The van der Waals surface area contributed by atoms with Crippen LogP contribution in [0, 0.1) is 11.2 Å². The van der Waals surface area contributed by atoms with Crippen LogP contribution in [0.3, 0.4) is 0 Å². The molecule has 1 aromatic rings. The van der Waals surface area contributed by atoms with Crippen LogP contribution < -0.4 is 10.6 Å². The first-order valence-corrected chi connectivity index (χ1v) is 6.43. The summed E-state index contributed by atoms with van der Waals surface area (Å²) in [6, 6.07) is 5.15. The minimum atomic E-state index is -0.205. The highest BCUT2D eigenvalue weighted by Gasteiger charge is 2.27. The molecule has 1 unspecified atom stereocenters. The summed E-state index contributed by atoms with van der Waals surface area (Å²) >= 11 is 0. The molecule has 0 aliphatic heterocycles. The number of nitrogens with zero attached hydrogens (tertiary/aromatic N) is 1. The molecule has 0 amide bonds. The van der Waals surface area contributed by atoms with E-state index >= 15 is 0 Å². The summed E-state index contributed by atoms with van der Waals surface area (Å²) < 4.78 is 14.1. The molecule has 0 aliphatic carbocycles. The minimum absolute atomic E-state index is 0.0755. The predicted molar refractivity (Wildman–Crippen MR) is 76.3 cm³/mol. The summed E-state index contributed by atoms with van der Waals surface area (Å²) in [5.74, 6) is -0.205. The fraction of sp³-hybridized carbons (Fsp3) is 0.600. The van der Waals surface area contributed by atoms with Crippen molar-refractivity contribution in [2.45, 2.75) is 46.7 Å². The molecule has 2 atom stereocenters. The van der Waals surface area contributed by atoms with Gasteiger partial charge in [0.25, 0.3) is 0 Å². The molecule has 1 aromatic carbocycles. The first-order chi connectivity index (χ1) is 8.16. The highest BCUT2D eigenvalue weighted by molar-refractivity contribution is 5.56. The highest BCUT2D eigenvalue weighted by atomic mass is 19.1. The lowest BCUT2D eigenvalue weighted by molar-refractivity contribution is 0.327. The van der Waals surface area contributed by atoms with Gasteiger partial charge in [-0.05, 0) is 30.9 Å². The van der Waals surface area contributed by atoms with E-state index in [0.717, 1.165) is 5.56 Å². The van der Waals surface area contributed by atoms with Crippen molar-refractivity contribution < 1.29 is 4.39 Å². The van der Waals surface area contributed by atoms with Crippen molar-refractivity contribution in [1.29, 1.82) is 0 Å². The normalized spacial score (nSPS) is 15.3. The van der Waals surface area contributed by atoms with Gasteiger partial charge in [-0.1, -0.05) is 32.9 Å². The molecule has 3 heteroatoms. The molecular formula is C15H25FN2. The Hall–Kier alpha value is -1.09. The van der Waals surface area contributed by atoms with Gasteiger partial charge in [0.15, 0.2) is 0 Å². The summed E-state index contributed by atoms with van der Waals surface area (Å²) in [7, 11) is 1.93. The van der Waals surface area contributed by atoms with E-state index in [0.29, 0.717) is 5.69 Å². The summed E-state index contributed by atoms with van der Waals surface area (Å²) in [4.78, 5) is 1.99. The van der Waals surface area contributed by atoms with E-state index < -0.39 is 0 Å². The van der Waals surface area contributed by atoms with Crippen molar-refractivity contribution in [3.8, 4) is 0 Å². The van der Waals surface area contributed by atoms with Crippen LogP contribution in [-0.2, 0) is 0 Å². The van der Waals surface area contributed by atoms with Crippen molar-refractivity contribution in [2.75, 3.05) is 11.9 Å². The Balaban J connectivity index is 3.24. The van der Waals surface area contributed by atoms with Crippen LogP contribution in [0.4, 0.5) is 10.1 Å². The number of nitrogens with two attached hydrogens (primary N) is 1. The van der Waals surface area contributed by atoms with Gasteiger partial charge in [0.2, 0.25) is 0 Å². The third-order valence-corrected chi connectivity index (χ3v) is 3.70. The van der Waals surface area contributed by atoms with Crippen molar-refractivity contribution in [2.24, 2.45) is 11.1 Å². The van der Waals surface area contributed by atoms with Crippen molar-refractivity contribution >= 4 is 5.69 Å². The predicted octanol–water partition coefficient (Wildman–Crippen LogP) is 3.72. The molecule has 0 aliphatic rings. The monoisotopic (exact) mass is 252 g/mol. The summed E-state index contributed by atoms with van der Waals surface area (Å²) in [6.45, 7) is 10.5. The Labute approximate surface area is 110 Å². The standard InChI is InChI=1S/C15H25FN2/c1-10(17)12-8-7-9-13(16)14(12)18(6)11(2)15(3,4)5/h7-11H,17H2,1-6H3/t10-,11?/m1/s1. The molecule has 2 N–H and O–H groups in total. The van der Waals surface area contributed by atoms with Crippen LogP contribution in [0.15, 0.2) is 18.2 Å². The van der Waals surface area contributed by atoms with E-state index in [-0.39, 0.29) is 23.3 Å². The minimum Gasteiger partial charge on any atom is -0.369 e. The molecule has 0 fully saturated rings. The zero-order chi connectivity index (χ0) is 14.1. The number of hydrogen-bond acceptors (Lipinski definition) is 2. The molecule has 0 radical (unpaired) electrons. The maximum absolute atomic E-state index is 14.1. The molecule has 102 valence electrons. The van der Waals surface area contributed by atoms with E-state index in [2.05, 4.69) is 27.7 Å². The SMILES string of the molecule is CC(N(C)c1c(F)cccc1[C@@H](C)N)C(C)(C)C. The van der Waals surface area contributed by atoms with Crippen LogP contribution in [0.5, 0.6) is 0 Å². The highest BCUT2D eigenvalue weighted by Crippen LogP contribution is 2.33. The van der Waals surface area contributed by atoms with E-state index in [4.69, 9.17) is 5.73 Å². The van der Waals surface area contributed by atoms with E-state index in [1.165, 1.54) is 6.07 Å². The maximum atomic E-state index is 14.1. The number of benzene rings is 1. The molecule has 0 bridgehead atoms. The summed E-state index contributed by atoms with van der Waals surface area (Å²) in [5, 5.41) is 0. The topological polar surface area (TPSA) is 29.3 Å². The van der Waals surface area contributed by atoms with Crippen LogP contribution in [0.25, 0.3) is 0 Å². The van der Waals surface area contributed by atoms with Crippen LogP contribution in [0.1, 0.15) is 46.2 Å². The Morgan fingerprint density at radius 2 is 1.78 bits per heavy atom.